The molecule has 27 heavy (non-hydrogen) atoms. The molecule has 3 aromatic rings. The first-order valence-corrected chi connectivity index (χ1v) is 8.94. The van der Waals surface area contributed by atoms with Crippen molar-refractivity contribution in [3.63, 3.8) is 0 Å². The number of nitrogens with zero attached hydrogens (tertiary/aromatic N) is 1. The Morgan fingerprint density at radius 1 is 1.19 bits per heavy atom. The maximum atomic E-state index is 13.6. The van der Waals surface area contributed by atoms with Gasteiger partial charge in [0.2, 0.25) is 0 Å². The van der Waals surface area contributed by atoms with Gasteiger partial charge in [-0.05, 0) is 24.3 Å². The second-order valence-electron chi connectivity index (χ2n) is 5.11. The van der Waals surface area contributed by atoms with Gasteiger partial charge in [0, 0.05) is 10.9 Å². The lowest BCUT2D eigenvalue weighted by Gasteiger charge is -2.08. The fourth-order valence-corrected chi connectivity index (χ4v) is 3.37. The molecule has 0 aliphatic heterocycles. The van der Waals surface area contributed by atoms with E-state index < -0.39 is 18.3 Å². The topological polar surface area (TPSA) is 51.2 Å². The highest BCUT2D eigenvalue weighted by molar-refractivity contribution is 7.14. The molecule has 1 N–H and O–H groups in total. The number of halogens is 5. The molecule has 0 fully saturated rings. The number of ether oxygens (including phenoxy) is 1. The molecule has 1 heterocycles. The van der Waals surface area contributed by atoms with Crippen LogP contribution in [0.4, 0.5) is 18.3 Å². The van der Waals surface area contributed by atoms with E-state index in [4.69, 9.17) is 23.2 Å². The molecule has 0 aliphatic carbocycles. The van der Waals surface area contributed by atoms with E-state index in [2.05, 4.69) is 15.0 Å². The van der Waals surface area contributed by atoms with E-state index in [9.17, 15) is 18.0 Å². The number of thiazole rings is 1. The van der Waals surface area contributed by atoms with Crippen molar-refractivity contribution in [2.24, 2.45) is 0 Å². The van der Waals surface area contributed by atoms with Crippen molar-refractivity contribution in [3.8, 4) is 17.0 Å². The monoisotopic (exact) mass is 432 g/mol. The highest BCUT2D eigenvalue weighted by atomic mass is 35.5. The minimum absolute atomic E-state index is 0.0219. The van der Waals surface area contributed by atoms with E-state index in [0.29, 0.717) is 11.3 Å². The van der Waals surface area contributed by atoms with Crippen molar-refractivity contribution in [3.05, 3.63) is 63.2 Å². The van der Waals surface area contributed by atoms with E-state index in [1.54, 1.807) is 23.6 Å². The molecule has 0 unspecified atom stereocenters. The van der Waals surface area contributed by atoms with Crippen LogP contribution in [-0.4, -0.2) is 17.5 Å². The number of nitrogens with one attached hydrogen (secondary N) is 1. The Balaban J connectivity index is 1.83. The predicted octanol–water partition coefficient (Wildman–Crippen LogP) is 6.11. The summed E-state index contributed by atoms with van der Waals surface area (Å²) in [5.74, 6) is -1.52. The first-order chi connectivity index (χ1) is 12.8. The zero-order chi connectivity index (χ0) is 19.6. The van der Waals surface area contributed by atoms with Crippen LogP contribution in [0.1, 0.15) is 10.4 Å². The number of alkyl halides is 2. The van der Waals surface area contributed by atoms with Crippen LogP contribution in [0.25, 0.3) is 11.3 Å². The highest BCUT2D eigenvalue weighted by Crippen LogP contribution is 2.33. The van der Waals surface area contributed by atoms with E-state index in [1.165, 1.54) is 6.07 Å². The summed E-state index contributed by atoms with van der Waals surface area (Å²) in [6.45, 7) is -2.98. The molecule has 10 heteroatoms. The Morgan fingerprint density at radius 2 is 1.93 bits per heavy atom. The van der Waals surface area contributed by atoms with E-state index >= 15 is 0 Å². The van der Waals surface area contributed by atoms with E-state index in [-0.39, 0.29) is 26.5 Å². The van der Waals surface area contributed by atoms with Crippen LogP contribution in [0.2, 0.25) is 10.0 Å². The number of anilines is 1. The average molecular weight is 433 g/mol. The predicted molar refractivity (Wildman–Crippen MR) is 98.6 cm³/mol. The van der Waals surface area contributed by atoms with Gasteiger partial charge in [0.1, 0.15) is 11.6 Å². The Labute approximate surface area is 165 Å². The first kappa shape index (κ1) is 19.5. The molecule has 4 nitrogen and oxygen atoms in total. The third-order valence-electron chi connectivity index (χ3n) is 3.36. The molecule has 0 saturated carbocycles. The molecule has 0 atom stereocenters. The Morgan fingerprint density at radius 3 is 2.67 bits per heavy atom. The summed E-state index contributed by atoms with van der Waals surface area (Å²) in [4.78, 5) is 16.5. The van der Waals surface area contributed by atoms with Gasteiger partial charge in [-0.25, -0.2) is 9.37 Å². The lowest BCUT2D eigenvalue weighted by molar-refractivity contribution is -0.0494. The molecule has 0 spiro atoms. The number of carbonyl (C=O) groups is 1. The minimum Gasteiger partial charge on any atom is -0.434 e. The van der Waals surface area contributed by atoms with Crippen molar-refractivity contribution in [2.45, 2.75) is 6.61 Å². The number of amides is 1. The molecular formula is C17H9Cl2F3N2O2S. The highest BCUT2D eigenvalue weighted by Gasteiger charge is 2.17. The average Bonchev–Trinajstić information content (AvgIpc) is 3.06. The van der Waals surface area contributed by atoms with E-state index in [0.717, 1.165) is 23.5 Å². The zero-order valence-corrected chi connectivity index (χ0v) is 15.5. The maximum Gasteiger partial charge on any atom is 0.387 e. The molecule has 1 amide bonds. The standard InChI is InChI=1S/C17H9Cl2F3N2O2S/c18-10-6-11(19)12(20)5-9(10)15(25)24-17-23-13(7-27-17)8-3-1-2-4-14(8)26-16(21)22/h1-7,16H,(H,23,24,25). The summed E-state index contributed by atoms with van der Waals surface area (Å²) in [5.41, 5.74) is 0.557. The number of benzene rings is 2. The van der Waals surface area contributed by atoms with Crippen LogP contribution in [0.3, 0.4) is 0 Å². The molecule has 0 saturated heterocycles. The quantitative estimate of drug-likeness (QED) is 0.494. The lowest BCUT2D eigenvalue weighted by Crippen LogP contribution is -2.12. The van der Waals surface area contributed by atoms with Gasteiger partial charge in [-0.1, -0.05) is 35.3 Å². The number of para-hydroxylation sites is 1. The Hall–Kier alpha value is -2.29. The molecule has 0 radical (unpaired) electrons. The van der Waals surface area contributed by atoms with E-state index in [1.807, 2.05) is 0 Å². The molecule has 0 bridgehead atoms. The molecular weight excluding hydrogens is 424 g/mol. The number of rotatable bonds is 5. The summed E-state index contributed by atoms with van der Waals surface area (Å²) >= 11 is 12.6. The Bertz CT molecular complexity index is 998. The van der Waals surface area contributed by atoms with Gasteiger partial charge in [-0.15, -0.1) is 11.3 Å². The fourth-order valence-electron chi connectivity index (χ4n) is 2.19. The summed E-state index contributed by atoms with van der Waals surface area (Å²) < 4.78 is 43.1. The first-order valence-electron chi connectivity index (χ1n) is 7.31. The normalized spacial score (nSPS) is 10.9. The number of hydrogen-bond acceptors (Lipinski definition) is 4. The smallest absolute Gasteiger partial charge is 0.387 e. The van der Waals surface area contributed by atoms with Gasteiger partial charge in [0.25, 0.3) is 5.91 Å². The largest absolute Gasteiger partial charge is 0.434 e. The maximum absolute atomic E-state index is 13.6. The lowest BCUT2D eigenvalue weighted by atomic mass is 10.1. The molecule has 1 aromatic heterocycles. The fraction of sp³-hybridized carbons (Fsp3) is 0.0588. The van der Waals surface area contributed by atoms with Crippen molar-refractivity contribution in [1.82, 2.24) is 4.98 Å². The van der Waals surface area contributed by atoms with Gasteiger partial charge in [0.15, 0.2) is 5.13 Å². The third-order valence-corrected chi connectivity index (χ3v) is 4.72. The van der Waals surface area contributed by atoms with Gasteiger partial charge < -0.3 is 4.74 Å². The number of carbonyl (C=O) groups excluding carboxylic acids is 1. The van der Waals surface area contributed by atoms with Gasteiger partial charge >= 0.3 is 6.61 Å². The number of hydrogen-bond donors (Lipinski definition) is 1. The summed E-state index contributed by atoms with van der Waals surface area (Å²) in [6, 6.07) is 8.17. The van der Waals surface area contributed by atoms with Crippen LogP contribution in [0, 0.1) is 5.82 Å². The van der Waals surface area contributed by atoms with Crippen LogP contribution >= 0.6 is 34.5 Å². The summed E-state index contributed by atoms with van der Waals surface area (Å²) in [5, 5.41) is 3.99. The molecule has 140 valence electrons. The zero-order valence-electron chi connectivity index (χ0n) is 13.2. The summed E-state index contributed by atoms with van der Waals surface area (Å²) in [7, 11) is 0. The molecule has 2 aromatic carbocycles. The number of aromatic nitrogens is 1. The second kappa shape index (κ2) is 8.16. The van der Waals surface area contributed by atoms with Crippen molar-refractivity contribution in [2.75, 3.05) is 5.32 Å². The van der Waals surface area contributed by atoms with Crippen LogP contribution in [0.15, 0.2) is 41.8 Å². The Kier molecular flexibility index (Phi) is 5.88. The SMILES string of the molecule is O=C(Nc1nc(-c2ccccc2OC(F)F)cs1)c1cc(F)c(Cl)cc1Cl. The van der Waals surface area contributed by atoms with Crippen molar-refractivity contribution < 1.29 is 22.7 Å². The summed E-state index contributed by atoms with van der Waals surface area (Å²) in [6.07, 6.45) is 0. The van der Waals surface area contributed by atoms with Gasteiger partial charge in [-0.3, -0.25) is 10.1 Å². The van der Waals surface area contributed by atoms with Crippen LogP contribution in [-0.2, 0) is 0 Å². The van der Waals surface area contributed by atoms with Crippen molar-refractivity contribution in [1.29, 1.82) is 0 Å². The second-order valence-corrected chi connectivity index (χ2v) is 6.79. The van der Waals surface area contributed by atoms with Crippen LogP contribution < -0.4 is 10.1 Å². The van der Waals surface area contributed by atoms with Crippen molar-refractivity contribution >= 4 is 45.6 Å². The van der Waals surface area contributed by atoms with Gasteiger partial charge in [-0.2, -0.15) is 8.78 Å². The molecule has 0 aliphatic rings. The van der Waals surface area contributed by atoms with Crippen LogP contribution in [0.5, 0.6) is 5.75 Å². The molecule has 3 rings (SSSR count). The minimum atomic E-state index is -2.98. The van der Waals surface area contributed by atoms with Gasteiger partial charge in [0.05, 0.1) is 21.3 Å². The third kappa shape index (κ3) is 4.52.